The van der Waals surface area contributed by atoms with Crippen LogP contribution in [0.1, 0.15) is 39.7 Å². The van der Waals surface area contributed by atoms with Gasteiger partial charge in [-0.15, -0.1) is 0 Å². The topological polar surface area (TPSA) is 73.6 Å². The van der Waals surface area contributed by atoms with Gasteiger partial charge in [0.25, 0.3) is 5.91 Å². The molecule has 0 saturated carbocycles. The smallest absolute Gasteiger partial charge is 0.260 e. The third-order valence-electron chi connectivity index (χ3n) is 2.84. The number of hydrogen-bond donors (Lipinski definition) is 2. The molecule has 0 aliphatic rings. The lowest BCUT2D eigenvalue weighted by Gasteiger charge is -2.19. The summed E-state index contributed by atoms with van der Waals surface area (Å²) in [6.45, 7) is 8.58. The molecule has 1 aromatic rings. The molecule has 0 fully saturated rings. The second-order valence-corrected chi connectivity index (χ2v) is 5.25. The number of benzene rings is 1. The standard InChI is InChI=1S/C16H26N2O3/c1-5-8-20-14-7-6-13(10-17)15(9-14)21-12(4)16(19)18-11(2)3/h6-7,9,11-12H,5,8,10,17H2,1-4H3,(H,18,19). The Balaban J connectivity index is 2.81. The van der Waals surface area contributed by atoms with Gasteiger partial charge in [0, 0.05) is 24.2 Å². The molecule has 0 saturated heterocycles. The van der Waals surface area contributed by atoms with Gasteiger partial charge in [0.15, 0.2) is 6.10 Å². The number of amides is 1. The van der Waals surface area contributed by atoms with E-state index >= 15 is 0 Å². The van der Waals surface area contributed by atoms with E-state index in [4.69, 9.17) is 15.2 Å². The summed E-state index contributed by atoms with van der Waals surface area (Å²) >= 11 is 0. The largest absolute Gasteiger partial charge is 0.493 e. The molecular weight excluding hydrogens is 268 g/mol. The van der Waals surface area contributed by atoms with E-state index in [-0.39, 0.29) is 11.9 Å². The number of rotatable bonds is 8. The monoisotopic (exact) mass is 294 g/mol. The van der Waals surface area contributed by atoms with Gasteiger partial charge in [0.1, 0.15) is 11.5 Å². The van der Waals surface area contributed by atoms with E-state index in [1.165, 1.54) is 0 Å². The number of hydrogen-bond acceptors (Lipinski definition) is 4. The summed E-state index contributed by atoms with van der Waals surface area (Å²) in [4.78, 5) is 11.9. The van der Waals surface area contributed by atoms with Crippen LogP contribution in [0.3, 0.4) is 0 Å². The van der Waals surface area contributed by atoms with Crippen LogP contribution in [-0.2, 0) is 11.3 Å². The summed E-state index contributed by atoms with van der Waals surface area (Å²) in [6.07, 6.45) is 0.348. The molecule has 1 amide bonds. The molecule has 21 heavy (non-hydrogen) atoms. The normalized spacial score (nSPS) is 12.1. The molecule has 1 rings (SSSR count). The van der Waals surface area contributed by atoms with Crippen molar-refractivity contribution >= 4 is 5.91 Å². The molecule has 0 spiro atoms. The summed E-state index contributed by atoms with van der Waals surface area (Å²) < 4.78 is 11.3. The van der Waals surface area contributed by atoms with Crippen molar-refractivity contribution in [1.29, 1.82) is 0 Å². The molecule has 0 radical (unpaired) electrons. The van der Waals surface area contributed by atoms with Gasteiger partial charge >= 0.3 is 0 Å². The zero-order valence-electron chi connectivity index (χ0n) is 13.3. The maximum Gasteiger partial charge on any atom is 0.260 e. The summed E-state index contributed by atoms with van der Waals surface area (Å²) in [7, 11) is 0. The third kappa shape index (κ3) is 5.63. The van der Waals surface area contributed by atoms with Gasteiger partial charge in [-0.3, -0.25) is 4.79 Å². The molecule has 0 aliphatic carbocycles. The fourth-order valence-corrected chi connectivity index (χ4v) is 1.77. The quantitative estimate of drug-likeness (QED) is 0.771. The fraction of sp³-hybridized carbons (Fsp3) is 0.562. The van der Waals surface area contributed by atoms with Crippen LogP contribution in [-0.4, -0.2) is 24.7 Å². The van der Waals surface area contributed by atoms with Crippen molar-refractivity contribution in [3.8, 4) is 11.5 Å². The Kier molecular flexibility index (Phi) is 7.02. The SMILES string of the molecule is CCCOc1ccc(CN)c(OC(C)C(=O)NC(C)C)c1. The fourth-order valence-electron chi connectivity index (χ4n) is 1.77. The molecule has 1 aromatic carbocycles. The van der Waals surface area contributed by atoms with Crippen LogP contribution in [0, 0.1) is 0 Å². The first kappa shape index (κ1) is 17.3. The van der Waals surface area contributed by atoms with Crippen molar-refractivity contribution in [1.82, 2.24) is 5.32 Å². The molecule has 5 heteroatoms. The van der Waals surface area contributed by atoms with E-state index in [2.05, 4.69) is 5.32 Å². The lowest BCUT2D eigenvalue weighted by molar-refractivity contribution is -0.127. The maximum atomic E-state index is 11.9. The van der Waals surface area contributed by atoms with Gasteiger partial charge < -0.3 is 20.5 Å². The minimum Gasteiger partial charge on any atom is -0.493 e. The predicted octanol–water partition coefficient (Wildman–Crippen LogP) is 2.23. The van der Waals surface area contributed by atoms with Gasteiger partial charge in [-0.2, -0.15) is 0 Å². The van der Waals surface area contributed by atoms with Crippen LogP contribution in [0.4, 0.5) is 0 Å². The lowest BCUT2D eigenvalue weighted by atomic mass is 10.2. The molecular formula is C16H26N2O3. The van der Waals surface area contributed by atoms with Crippen molar-refractivity contribution in [2.75, 3.05) is 6.61 Å². The Bertz CT molecular complexity index is 461. The highest BCUT2D eigenvalue weighted by Gasteiger charge is 2.17. The average molecular weight is 294 g/mol. The maximum absolute atomic E-state index is 11.9. The van der Waals surface area contributed by atoms with Crippen LogP contribution >= 0.6 is 0 Å². The lowest BCUT2D eigenvalue weighted by Crippen LogP contribution is -2.40. The zero-order valence-corrected chi connectivity index (χ0v) is 13.3. The molecule has 0 aliphatic heterocycles. The Labute approximate surface area is 126 Å². The average Bonchev–Trinajstić information content (AvgIpc) is 2.44. The van der Waals surface area contributed by atoms with Crippen molar-refractivity contribution in [3.63, 3.8) is 0 Å². The van der Waals surface area contributed by atoms with Crippen molar-refractivity contribution < 1.29 is 14.3 Å². The second-order valence-electron chi connectivity index (χ2n) is 5.25. The van der Waals surface area contributed by atoms with E-state index in [0.29, 0.717) is 18.9 Å². The molecule has 0 bridgehead atoms. The highest BCUT2D eigenvalue weighted by Crippen LogP contribution is 2.26. The van der Waals surface area contributed by atoms with Crippen LogP contribution in [0.5, 0.6) is 11.5 Å². The van der Waals surface area contributed by atoms with E-state index < -0.39 is 6.10 Å². The number of carbonyl (C=O) groups excluding carboxylic acids is 1. The molecule has 0 aromatic heterocycles. The van der Waals surface area contributed by atoms with Gasteiger partial charge in [0.05, 0.1) is 6.61 Å². The molecule has 3 N–H and O–H groups in total. The highest BCUT2D eigenvalue weighted by atomic mass is 16.5. The first-order valence-corrected chi connectivity index (χ1v) is 7.40. The molecule has 118 valence electrons. The minimum atomic E-state index is -0.584. The summed E-state index contributed by atoms with van der Waals surface area (Å²) in [5, 5.41) is 2.82. The van der Waals surface area contributed by atoms with Crippen LogP contribution in [0.2, 0.25) is 0 Å². The van der Waals surface area contributed by atoms with Crippen LogP contribution in [0.25, 0.3) is 0 Å². The predicted molar refractivity (Wildman–Crippen MR) is 83.5 cm³/mol. The Hall–Kier alpha value is -1.75. The van der Waals surface area contributed by atoms with Gasteiger partial charge in [-0.25, -0.2) is 0 Å². The van der Waals surface area contributed by atoms with E-state index in [1.807, 2.05) is 32.9 Å². The van der Waals surface area contributed by atoms with E-state index in [1.54, 1.807) is 13.0 Å². The Morgan fingerprint density at radius 1 is 1.33 bits per heavy atom. The number of nitrogens with one attached hydrogen (secondary N) is 1. The summed E-state index contributed by atoms with van der Waals surface area (Å²) in [5.74, 6) is 1.17. The third-order valence-corrected chi connectivity index (χ3v) is 2.84. The van der Waals surface area contributed by atoms with Crippen LogP contribution in [0.15, 0.2) is 18.2 Å². The van der Waals surface area contributed by atoms with Gasteiger partial charge in [-0.1, -0.05) is 13.0 Å². The first-order valence-electron chi connectivity index (χ1n) is 7.40. The molecule has 1 unspecified atom stereocenters. The Morgan fingerprint density at radius 3 is 2.62 bits per heavy atom. The van der Waals surface area contributed by atoms with Gasteiger partial charge in [-0.05, 0) is 33.3 Å². The number of nitrogens with two attached hydrogens (primary N) is 1. The molecule has 5 nitrogen and oxygen atoms in total. The molecule has 0 heterocycles. The number of carbonyl (C=O) groups is 1. The Morgan fingerprint density at radius 2 is 2.05 bits per heavy atom. The highest BCUT2D eigenvalue weighted by molar-refractivity contribution is 5.81. The number of ether oxygens (including phenoxy) is 2. The van der Waals surface area contributed by atoms with Gasteiger partial charge in [0.2, 0.25) is 0 Å². The van der Waals surface area contributed by atoms with E-state index in [0.717, 1.165) is 17.7 Å². The summed E-state index contributed by atoms with van der Waals surface area (Å²) in [6, 6.07) is 5.60. The minimum absolute atomic E-state index is 0.0803. The van der Waals surface area contributed by atoms with Crippen molar-refractivity contribution in [3.05, 3.63) is 23.8 Å². The van der Waals surface area contributed by atoms with E-state index in [9.17, 15) is 4.79 Å². The second kappa shape index (κ2) is 8.52. The molecule has 1 atom stereocenters. The van der Waals surface area contributed by atoms with Crippen molar-refractivity contribution in [2.24, 2.45) is 5.73 Å². The van der Waals surface area contributed by atoms with Crippen LogP contribution < -0.4 is 20.5 Å². The first-order chi connectivity index (χ1) is 9.97. The van der Waals surface area contributed by atoms with Crippen molar-refractivity contribution in [2.45, 2.75) is 52.8 Å². The zero-order chi connectivity index (χ0) is 15.8. The summed E-state index contributed by atoms with van der Waals surface area (Å²) in [5.41, 5.74) is 6.56.